The smallest absolute Gasteiger partial charge is 0.223 e. The van der Waals surface area contributed by atoms with Crippen molar-refractivity contribution in [1.82, 2.24) is 4.90 Å². The van der Waals surface area contributed by atoms with E-state index >= 15 is 0 Å². The minimum Gasteiger partial charge on any atom is -0.370 e. The third kappa shape index (κ3) is 4.29. The molecule has 1 unspecified atom stereocenters. The molecule has 0 spiro atoms. The number of nitrogens with zero attached hydrogens (tertiary/aromatic N) is 1. The Hall–Kier alpha value is -2.24. The van der Waals surface area contributed by atoms with E-state index in [1.807, 2.05) is 18.2 Å². The average Bonchev–Trinajstić information content (AvgIpc) is 2.66. The van der Waals surface area contributed by atoms with Gasteiger partial charge in [0, 0.05) is 30.0 Å². The molecule has 1 atom stereocenters. The maximum atomic E-state index is 13.7. The van der Waals surface area contributed by atoms with Crippen molar-refractivity contribution < 1.29 is 18.7 Å². The first-order chi connectivity index (χ1) is 12.6. The Morgan fingerprint density at radius 1 is 1.12 bits per heavy atom. The molecular weight excluding hydrogens is 357 g/mol. The predicted octanol–water partition coefficient (Wildman–Crippen LogP) is 4.04. The van der Waals surface area contributed by atoms with Gasteiger partial charge in [0.15, 0.2) is 5.78 Å². The number of ketones is 1. The lowest BCUT2D eigenvalue weighted by Crippen LogP contribution is -2.42. The minimum absolute atomic E-state index is 0.0200. The molecule has 1 aliphatic rings. The van der Waals surface area contributed by atoms with Gasteiger partial charge in [0.05, 0.1) is 18.7 Å². The second kappa shape index (κ2) is 8.43. The number of morpholine rings is 1. The summed E-state index contributed by atoms with van der Waals surface area (Å²) >= 11 is 6.21. The number of Topliss-reactive ketones (excluding diaryl/α,β-unsaturated/α-hetero) is 1. The Morgan fingerprint density at radius 3 is 2.62 bits per heavy atom. The van der Waals surface area contributed by atoms with Crippen molar-refractivity contribution in [3.63, 3.8) is 0 Å². The second-order valence-corrected chi connectivity index (χ2v) is 6.53. The molecule has 2 aromatic rings. The summed E-state index contributed by atoms with van der Waals surface area (Å²) in [5.41, 5.74) is 0.866. The molecule has 0 aromatic heterocycles. The fourth-order valence-electron chi connectivity index (χ4n) is 3.00. The van der Waals surface area contributed by atoms with Crippen LogP contribution in [0.15, 0.2) is 48.5 Å². The van der Waals surface area contributed by atoms with Gasteiger partial charge in [-0.2, -0.15) is 0 Å². The van der Waals surface area contributed by atoms with E-state index in [1.165, 1.54) is 18.2 Å². The van der Waals surface area contributed by atoms with Crippen molar-refractivity contribution in [3.8, 4) is 0 Å². The molecule has 1 saturated heterocycles. The molecule has 6 heteroatoms. The standard InChI is InChI=1S/C20H19ClFNO3/c21-16-7-3-1-5-14(16)19-13-23(11-12-26-19)20(25)10-9-18(24)15-6-2-4-8-17(15)22/h1-8,19H,9-13H2. The molecule has 4 nitrogen and oxygen atoms in total. The topological polar surface area (TPSA) is 46.6 Å². The molecule has 136 valence electrons. The first-order valence-corrected chi connectivity index (χ1v) is 8.85. The molecule has 2 aromatic carbocycles. The zero-order valence-corrected chi connectivity index (χ0v) is 14.9. The normalized spacial score (nSPS) is 17.2. The van der Waals surface area contributed by atoms with Gasteiger partial charge in [-0.05, 0) is 18.2 Å². The number of amides is 1. The first-order valence-electron chi connectivity index (χ1n) is 8.48. The Labute approximate surface area is 156 Å². The first kappa shape index (κ1) is 18.5. The van der Waals surface area contributed by atoms with Crippen LogP contribution >= 0.6 is 11.6 Å². The van der Waals surface area contributed by atoms with E-state index in [9.17, 15) is 14.0 Å². The maximum Gasteiger partial charge on any atom is 0.223 e. The van der Waals surface area contributed by atoms with Crippen molar-refractivity contribution in [2.75, 3.05) is 19.7 Å². The van der Waals surface area contributed by atoms with Crippen LogP contribution in [-0.4, -0.2) is 36.3 Å². The molecule has 0 radical (unpaired) electrons. The SMILES string of the molecule is O=C(CCC(=O)N1CCOC(c2ccccc2Cl)C1)c1ccccc1F. The molecule has 3 rings (SSSR count). The monoisotopic (exact) mass is 375 g/mol. The molecule has 1 aliphatic heterocycles. The number of carbonyl (C=O) groups excluding carboxylic acids is 2. The second-order valence-electron chi connectivity index (χ2n) is 6.12. The van der Waals surface area contributed by atoms with Crippen LogP contribution in [0.2, 0.25) is 5.02 Å². The van der Waals surface area contributed by atoms with E-state index in [2.05, 4.69) is 0 Å². The number of carbonyl (C=O) groups is 2. The lowest BCUT2D eigenvalue weighted by Gasteiger charge is -2.33. The van der Waals surface area contributed by atoms with E-state index in [4.69, 9.17) is 16.3 Å². The van der Waals surface area contributed by atoms with Crippen LogP contribution in [0.3, 0.4) is 0 Å². The van der Waals surface area contributed by atoms with Gasteiger partial charge < -0.3 is 9.64 Å². The van der Waals surface area contributed by atoms with Gasteiger partial charge in [0.1, 0.15) is 11.9 Å². The quantitative estimate of drug-likeness (QED) is 0.741. The number of rotatable bonds is 5. The summed E-state index contributed by atoms with van der Waals surface area (Å²) in [5.74, 6) is -1.07. The molecule has 0 N–H and O–H groups in total. The highest BCUT2D eigenvalue weighted by molar-refractivity contribution is 6.31. The Kier molecular flexibility index (Phi) is 6.01. The third-order valence-electron chi connectivity index (χ3n) is 4.41. The number of ether oxygens (including phenoxy) is 1. The summed E-state index contributed by atoms with van der Waals surface area (Å²) in [6.07, 6.45) is -0.264. The van der Waals surface area contributed by atoms with Gasteiger partial charge in [-0.25, -0.2) is 4.39 Å². The van der Waals surface area contributed by atoms with E-state index in [0.29, 0.717) is 24.7 Å². The van der Waals surface area contributed by atoms with Crippen LogP contribution in [-0.2, 0) is 9.53 Å². The summed E-state index contributed by atoms with van der Waals surface area (Å²) in [4.78, 5) is 26.3. The molecular formula is C20H19ClFNO3. The summed E-state index contributed by atoms with van der Waals surface area (Å²) in [6, 6.07) is 13.2. The predicted molar refractivity (Wildman–Crippen MR) is 96.7 cm³/mol. The summed E-state index contributed by atoms with van der Waals surface area (Å²) < 4.78 is 19.4. The van der Waals surface area contributed by atoms with Crippen molar-refractivity contribution in [2.24, 2.45) is 0 Å². The zero-order valence-electron chi connectivity index (χ0n) is 14.2. The number of hydrogen-bond donors (Lipinski definition) is 0. The Balaban J connectivity index is 1.59. The molecule has 26 heavy (non-hydrogen) atoms. The molecule has 1 amide bonds. The Morgan fingerprint density at radius 2 is 1.85 bits per heavy atom. The van der Waals surface area contributed by atoms with Gasteiger partial charge in [-0.1, -0.05) is 41.9 Å². The molecule has 1 fully saturated rings. The number of halogens is 2. The van der Waals surface area contributed by atoms with Crippen molar-refractivity contribution in [2.45, 2.75) is 18.9 Å². The van der Waals surface area contributed by atoms with E-state index in [1.54, 1.807) is 17.0 Å². The fraction of sp³-hybridized carbons (Fsp3) is 0.300. The van der Waals surface area contributed by atoms with Crippen LogP contribution in [0.4, 0.5) is 4.39 Å². The third-order valence-corrected chi connectivity index (χ3v) is 4.76. The Bertz CT molecular complexity index is 811. The van der Waals surface area contributed by atoms with Crippen molar-refractivity contribution >= 4 is 23.3 Å². The number of hydrogen-bond acceptors (Lipinski definition) is 3. The largest absolute Gasteiger partial charge is 0.370 e. The summed E-state index contributed by atoms with van der Waals surface area (Å²) in [7, 11) is 0. The lowest BCUT2D eigenvalue weighted by atomic mass is 10.0. The van der Waals surface area contributed by atoms with Crippen molar-refractivity contribution in [1.29, 1.82) is 0 Å². The van der Waals surface area contributed by atoms with Crippen LogP contribution in [0.5, 0.6) is 0 Å². The highest BCUT2D eigenvalue weighted by Crippen LogP contribution is 2.28. The summed E-state index contributed by atoms with van der Waals surface area (Å²) in [6.45, 7) is 1.26. The zero-order chi connectivity index (χ0) is 18.5. The highest BCUT2D eigenvalue weighted by Gasteiger charge is 2.27. The van der Waals surface area contributed by atoms with Crippen LogP contribution in [0.1, 0.15) is 34.9 Å². The van der Waals surface area contributed by atoms with Gasteiger partial charge in [0.25, 0.3) is 0 Å². The highest BCUT2D eigenvalue weighted by atomic mass is 35.5. The maximum absolute atomic E-state index is 13.7. The number of benzene rings is 2. The fourth-order valence-corrected chi connectivity index (χ4v) is 3.26. The van der Waals surface area contributed by atoms with Crippen molar-refractivity contribution in [3.05, 3.63) is 70.5 Å². The van der Waals surface area contributed by atoms with Crippen LogP contribution in [0, 0.1) is 5.82 Å². The van der Waals surface area contributed by atoms with E-state index < -0.39 is 5.82 Å². The van der Waals surface area contributed by atoms with Gasteiger partial charge >= 0.3 is 0 Å². The summed E-state index contributed by atoms with van der Waals surface area (Å²) in [5, 5.41) is 0.599. The molecule has 1 heterocycles. The molecule has 0 bridgehead atoms. The average molecular weight is 376 g/mol. The van der Waals surface area contributed by atoms with Crippen LogP contribution < -0.4 is 0 Å². The van der Waals surface area contributed by atoms with E-state index in [0.717, 1.165) is 5.56 Å². The minimum atomic E-state index is -0.560. The lowest BCUT2D eigenvalue weighted by molar-refractivity contribution is -0.139. The van der Waals surface area contributed by atoms with Gasteiger partial charge in [-0.15, -0.1) is 0 Å². The molecule has 0 saturated carbocycles. The van der Waals surface area contributed by atoms with Gasteiger partial charge in [-0.3, -0.25) is 9.59 Å². The van der Waals surface area contributed by atoms with Gasteiger partial charge in [0.2, 0.25) is 5.91 Å². The molecule has 0 aliphatic carbocycles. The van der Waals surface area contributed by atoms with Crippen LogP contribution in [0.25, 0.3) is 0 Å². The van der Waals surface area contributed by atoms with E-state index in [-0.39, 0.29) is 36.2 Å².